The second-order valence-electron chi connectivity index (χ2n) is 9.22. The van der Waals surface area contributed by atoms with Gasteiger partial charge in [-0.05, 0) is 48.4 Å². The summed E-state index contributed by atoms with van der Waals surface area (Å²) in [4.78, 5) is 5.16. The number of piperidine rings is 1. The van der Waals surface area contributed by atoms with Crippen molar-refractivity contribution in [2.75, 3.05) is 26.2 Å². The van der Waals surface area contributed by atoms with Gasteiger partial charge in [-0.25, -0.2) is 8.42 Å². The Morgan fingerprint density at radius 1 is 1.03 bits per heavy atom. The van der Waals surface area contributed by atoms with E-state index >= 15 is 0 Å². The Hall–Kier alpha value is -2.22. The van der Waals surface area contributed by atoms with Crippen molar-refractivity contribution in [3.05, 3.63) is 65.7 Å². The van der Waals surface area contributed by atoms with Crippen LogP contribution in [0.4, 0.5) is 0 Å². The molecule has 4 rings (SSSR count). The first kappa shape index (κ1) is 23.0. The molecule has 0 amide bonds. The molecule has 2 aromatic rings. The molecule has 2 aromatic carbocycles. The van der Waals surface area contributed by atoms with Gasteiger partial charge in [0.25, 0.3) is 0 Å². The smallest absolute Gasteiger partial charge is 0.243 e. The van der Waals surface area contributed by atoms with Gasteiger partial charge in [0, 0.05) is 26.2 Å². The molecule has 2 heterocycles. The van der Waals surface area contributed by atoms with Crippen LogP contribution in [0.5, 0.6) is 0 Å². The lowest BCUT2D eigenvalue weighted by atomic mass is 9.85. The monoisotopic (exact) mass is 454 g/mol. The van der Waals surface area contributed by atoms with Crippen LogP contribution >= 0.6 is 0 Å². The first-order valence-corrected chi connectivity index (χ1v) is 13.0. The van der Waals surface area contributed by atoms with E-state index in [9.17, 15) is 8.42 Å². The highest BCUT2D eigenvalue weighted by atomic mass is 32.2. The topological polar surface area (TPSA) is 73.8 Å². The molecular formula is C25H34N4O2S. The number of rotatable bonds is 6. The highest BCUT2D eigenvalue weighted by molar-refractivity contribution is 7.89. The fourth-order valence-electron chi connectivity index (χ4n) is 4.64. The van der Waals surface area contributed by atoms with Crippen molar-refractivity contribution >= 4 is 15.9 Å². The maximum absolute atomic E-state index is 13.2. The zero-order chi connectivity index (χ0) is 22.6. The normalized spacial score (nSPS) is 19.2. The van der Waals surface area contributed by atoms with Crippen LogP contribution in [-0.4, -0.2) is 50.3 Å². The minimum absolute atomic E-state index is 0.278. The van der Waals surface area contributed by atoms with E-state index in [0.29, 0.717) is 43.3 Å². The van der Waals surface area contributed by atoms with Gasteiger partial charge in [0.05, 0.1) is 17.0 Å². The Morgan fingerprint density at radius 3 is 2.38 bits per heavy atom. The summed E-state index contributed by atoms with van der Waals surface area (Å²) in [6.45, 7) is 7.57. The Kier molecular flexibility index (Phi) is 6.98. The number of aliphatic imine (C=N–C) groups is 1. The van der Waals surface area contributed by atoms with Crippen molar-refractivity contribution < 1.29 is 8.42 Å². The summed E-state index contributed by atoms with van der Waals surface area (Å²) in [6.07, 6.45) is 2.37. The van der Waals surface area contributed by atoms with Crippen LogP contribution in [-0.2, 0) is 23.0 Å². The van der Waals surface area contributed by atoms with E-state index in [0.717, 1.165) is 25.3 Å². The summed E-state index contributed by atoms with van der Waals surface area (Å²) in [7, 11) is -3.49. The summed E-state index contributed by atoms with van der Waals surface area (Å²) >= 11 is 0. The van der Waals surface area contributed by atoms with Gasteiger partial charge in [-0.3, -0.25) is 4.99 Å². The van der Waals surface area contributed by atoms with Gasteiger partial charge in [-0.2, -0.15) is 4.31 Å². The van der Waals surface area contributed by atoms with Gasteiger partial charge in [-0.15, -0.1) is 0 Å². The van der Waals surface area contributed by atoms with E-state index in [4.69, 9.17) is 4.99 Å². The second kappa shape index (κ2) is 9.73. The molecule has 0 radical (unpaired) electrons. The number of nitrogens with zero attached hydrogens (tertiary/aromatic N) is 2. The average molecular weight is 455 g/mol. The molecule has 0 aromatic heterocycles. The molecule has 1 saturated heterocycles. The maximum Gasteiger partial charge on any atom is 0.243 e. The van der Waals surface area contributed by atoms with Gasteiger partial charge < -0.3 is 10.6 Å². The molecule has 0 unspecified atom stereocenters. The highest BCUT2D eigenvalue weighted by Gasteiger charge is 2.43. The number of nitrogens with one attached hydrogen (secondary N) is 2. The fraction of sp³-hybridized carbons (Fsp3) is 0.480. The summed E-state index contributed by atoms with van der Waals surface area (Å²) in [5.74, 6) is 1.51. The molecule has 0 saturated carbocycles. The molecule has 1 fully saturated rings. The SMILES string of the molecule is CC(C)Cc1ccc(S(=O)(=O)N2CCC3(CC2)NCCN=C3NCc2ccccc2)cc1. The minimum atomic E-state index is -3.49. The molecule has 6 nitrogen and oxygen atoms in total. The van der Waals surface area contributed by atoms with E-state index in [1.54, 1.807) is 16.4 Å². The first-order valence-electron chi connectivity index (χ1n) is 11.6. The third-order valence-electron chi connectivity index (χ3n) is 6.38. The third-order valence-corrected chi connectivity index (χ3v) is 8.30. The molecule has 7 heteroatoms. The molecule has 0 atom stereocenters. The average Bonchev–Trinajstić information content (AvgIpc) is 2.80. The van der Waals surface area contributed by atoms with Crippen LogP contribution in [0.15, 0.2) is 64.5 Å². The summed E-state index contributed by atoms with van der Waals surface area (Å²) in [6, 6.07) is 17.7. The van der Waals surface area contributed by atoms with Crippen molar-refractivity contribution in [3.63, 3.8) is 0 Å². The van der Waals surface area contributed by atoms with Crippen molar-refractivity contribution in [3.8, 4) is 0 Å². The molecule has 0 bridgehead atoms. The summed E-state index contributed by atoms with van der Waals surface area (Å²) in [5.41, 5.74) is 2.10. The Bertz CT molecular complexity index is 1030. The molecule has 2 aliphatic heterocycles. The van der Waals surface area contributed by atoms with Crippen molar-refractivity contribution in [2.45, 2.75) is 50.1 Å². The van der Waals surface area contributed by atoms with Crippen molar-refractivity contribution in [2.24, 2.45) is 10.9 Å². The molecule has 2 aliphatic rings. The van der Waals surface area contributed by atoms with E-state index in [-0.39, 0.29) is 5.54 Å². The largest absolute Gasteiger partial charge is 0.368 e. The van der Waals surface area contributed by atoms with Crippen molar-refractivity contribution in [1.82, 2.24) is 14.9 Å². The number of sulfonamides is 1. The van der Waals surface area contributed by atoms with Crippen LogP contribution in [0.2, 0.25) is 0 Å². The third kappa shape index (κ3) is 5.05. The van der Waals surface area contributed by atoms with Crippen molar-refractivity contribution in [1.29, 1.82) is 0 Å². The maximum atomic E-state index is 13.2. The van der Waals surface area contributed by atoms with E-state index in [1.165, 1.54) is 11.1 Å². The molecular weight excluding hydrogens is 420 g/mol. The molecule has 0 aliphatic carbocycles. The van der Waals surface area contributed by atoms with Gasteiger partial charge in [0.1, 0.15) is 5.84 Å². The predicted octanol–water partition coefficient (Wildman–Crippen LogP) is 3.20. The Balaban J connectivity index is 1.42. The summed E-state index contributed by atoms with van der Waals surface area (Å²) < 4.78 is 28.1. The first-order chi connectivity index (χ1) is 15.4. The van der Waals surface area contributed by atoms with E-state index < -0.39 is 10.0 Å². The Labute approximate surface area is 192 Å². The van der Waals surface area contributed by atoms with Crippen LogP contribution in [0.3, 0.4) is 0 Å². The van der Waals surface area contributed by atoms with Crippen LogP contribution < -0.4 is 10.6 Å². The zero-order valence-corrected chi connectivity index (χ0v) is 19.9. The quantitative estimate of drug-likeness (QED) is 0.703. The van der Waals surface area contributed by atoms with Gasteiger partial charge in [0.15, 0.2) is 0 Å². The van der Waals surface area contributed by atoms with Gasteiger partial charge >= 0.3 is 0 Å². The molecule has 2 N–H and O–H groups in total. The molecule has 32 heavy (non-hydrogen) atoms. The predicted molar refractivity (Wildman–Crippen MR) is 129 cm³/mol. The molecule has 172 valence electrons. The van der Waals surface area contributed by atoms with Crippen LogP contribution in [0.1, 0.15) is 37.8 Å². The number of benzene rings is 2. The lowest BCUT2D eigenvalue weighted by Crippen LogP contribution is -2.64. The number of amidine groups is 1. The van der Waals surface area contributed by atoms with E-state index in [2.05, 4.69) is 36.6 Å². The Morgan fingerprint density at radius 2 is 1.72 bits per heavy atom. The lowest BCUT2D eigenvalue weighted by molar-refractivity contribution is 0.241. The van der Waals surface area contributed by atoms with E-state index in [1.807, 2.05) is 30.3 Å². The summed E-state index contributed by atoms with van der Waals surface area (Å²) in [5, 5.41) is 7.17. The zero-order valence-electron chi connectivity index (χ0n) is 19.0. The van der Waals surface area contributed by atoms with Crippen LogP contribution in [0.25, 0.3) is 0 Å². The molecule has 1 spiro atoms. The lowest BCUT2D eigenvalue weighted by Gasteiger charge is -2.44. The number of hydrogen-bond acceptors (Lipinski definition) is 5. The second-order valence-corrected chi connectivity index (χ2v) is 11.2. The standard InChI is InChI=1S/C25H34N4O2S/c1-20(2)18-21-8-10-23(11-9-21)32(30,31)29-16-12-25(13-17-29)24(26-14-15-28-25)27-19-22-6-4-3-5-7-22/h3-11,20,28H,12-19H2,1-2H3,(H,26,27). The highest BCUT2D eigenvalue weighted by Crippen LogP contribution is 2.29. The fourth-order valence-corrected chi connectivity index (χ4v) is 6.09. The minimum Gasteiger partial charge on any atom is -0.368 e. The number of hydrogen-bond donors (Lipinski definition) is 2. The van der Waals surface area contributed by atoms with Crippen LogP contribution in [0, 0.1) is 5.92 Å². The van der Waals surface area contributed by atoms with Gasteiger partial charge in [0.2, 0.25) is 10.0 Å². The van der Waals surface area contributed by atoms with Gasteiger partial charge in [-0.1, -0.05) is 56.3 Å².